The van der Waals surface area contributed by atoms with Gasteiger partial charge in [-0.2, -0.15) is 0 Å². The number of hydrogen-bond acceptors (Lipinski definition) is 8. The summed E-state index contributed by atoms with van der Waals surface area (Å²) < 4.78 is 5.88. The van der Waals surface area contributed by atoms with Crippen LogP contribution in [0.15, 0.2) is 73.1 Å². The molecule has 9 nitrogen and oxygen atoms in total. The number of carbonyl (C=O) groups excluding carboxylic acids is 2. The zero-order valence-electron chi connectivity index (χ0n) is 28.4. The molecule has 0 saturated carbocycles. The third-order valence-corrected chi connectivity index (χ3v) is 9.43. The van der Waals surface area contributed by atoms with E-state index in [1.54, 1.807) is 18.5 Å². The summed E-state index contributed by atoms with van der Waals surface area (Å²) in [6.07, 6.45) is 8.76. The fraction of sp³-hybridized carbons (Fsp3) is 0.421. The van der Waals surface area contributed by atoms with Gasteiger partial charge in [-0.15, -0.1) is 11.3 Å². The van der Waals surface area contributed by atoms with Crippen LogP contribution < -0.4 is 15.4 Å². The zero-order chi connectivity index (χ0) is 34.5. The number of carbonyl (C=O) groups is 2. The lowest BCUT2D eigenvalue weighted by Gasteiger charge is -2.19. The molecule has 0 aliphatic carbocycles. The Morgan fingerprint density at radius 3 is 2.17 bits per heavy atom. The first-order valence-corrected chi connectivity index (χ1v) is 17.5. The number of rotatable bonds is 17. The van der Waals surface area contributed by atoms with Crippen molar-refractivity contribution in [1.82, 2.24) is 20.6 Å². The third kappa shape index (κ3) is 11.0. The molecule has 4 rings (SSSR count). The van der Waals surface area contributed by atoms with Crippen LogP contribution in [0, 0.1) is 0 Å². The van der Waals surface area contributed by atoms with Gasteiger partial charge >= 0.3 is 0 Å². The Morgan fingerprint density at radius 1 is 0.875 bits per heavy atom. The maximum Gasteiger partial charge on any atom is 0.262 e. The van der Waals surface area contributed by atoms with Crippen molar-refractivity contribution in [1.29, 1.82) is 0 Å². The van der Waals surface area contributed by atoms with Crippen LogP contribution in [0.3, 0.4) is 0 Å². The molecule has 2 aromatic carbocycles. The van der Waals surface area contributed by atoms with Crippen molar-refractivity contribution in [3.8, 4) is 28.3 Å². The number of aromatic nitrogens is 2. The first-order chi connectivity index (χ1) is 23.1. The predicted molar refractivity (Wildman–Crippen MR) is 191 cm³/mol. The number of hydrogen-bond donors (Lipinski definition) is 4. The van der Waals surface area contributed by atoms with Crippen molar-refractivity contribution >= 4 is 23.2 Å². The quantitative estimate of drug-likeness (QED) is 0.0964. The summed E-state index contributed by atoms with van der Waals surface area (Å²) in [5.41, 5.74) is 3.45. The van der Waals surface area contributed by atoms with Crippen LogP contribution >= 0.6 is 11.3 Å². The van der Waals surface area contributed by atoms with E-state index in [0.717, 1.165) is 45.9 Å². The number of benzene rings is 2. The summed E-state index contributed by atoms with van der Waals surface area (Å²) in [4.78, 5) is 37.0. The van der Waals surface area contributed by atoms with Gasteiger partial charge in [0, 0.05) is 41.4 Å². The van der Waals surface area contributed by atoms with Gasteiger partial charge in [0.2, 0.25) is 5.91 Å². The van der Waals surface area contributed by atoms with Gasteiger partial charge in [0.1, 0.15) is 11.8 Å². The summed E-state index contributed by atoms with van der Waals surface area (Å²) in [6.45, 7) is 8.58. The Morgan fingerprint density at radius 2 is 1.54 bits per heavy atom. The highest BCUT2D eigenvalue weighted by molar-refractivity contribution is 7.14. The highest BCUT2D eigenvalue weighted by atomic mass is 32.1. The van der Waals surface area contributed by atoms with Crippen LogP contribution in [0.25, 0.3) is 22.5 Å². The van der Waals surface area contributed by atoms with Crippen LogP contribution in [-0.2, 0) is 16.6 Å². The molecule has 2 unspecified atom stereocenters. The summed E-state index contributed by atoms with van der Waals surface area (Å²) >= 11 is 1.40. The van der Waals surface area contributed by atoms with Crippen molar-refractivity contribution in [2.45, 2.75) is 83.8 Å². The predicted octanol–water partition coefficient (Wildman–Crippen LogP) is 6.33. The second kappa shape index (κ2) is 17.9. The van der Waals surface area contributed by atoms with Gasteiger partial charge in [0.25, 0.3) is 5.91 Å². The van der Waals surface area contributed by atoms with Crippen molar-refractivity contribution < 1.29 is 24.5 Å². The minimum Gasteiger partial charge on any atom is -0.494 e. The smallest absolute Gasteiger partial charge is 0.262 e. The Kier molecular flexibility index (Phi) is 13.7. The average molecular weight is 673 g/mol. The molecule has 0 saturated heterocycles. The van der Waals surface area contributed by atoms with Crippen LogP contribution in [-0.4, -0.2) is 63.9 Å². The number of amides is 2. The van der Waals surface area contributed by atoms with Crippen molar-refractivity contribution in [3.63, 3.8) is 0 Å². The van der Waals surface area contributed by atoms with E-state index in [9.17, 15) is 14.7 Å². The standard InChI is InChI=1S/C38H48N4O5S/c1-5-6-7-8-9-20-47-31-16-14-27(15-17-31)29-22-39-35(40-23-29)28-12-10-26(11-13-28)21-32(36(45)41-24-30(44)25-43)42-37(46)33-18-19-34(48-33)38(2,3)4/h10-19,22-23,30,32,43-44H,5-9,20-21,24-25H2,1-4H3,(H,41,45)(H,42,46). The number of aliphatic hydroxyl groups excluding tert-OH is 2. The molecule has 256 valence electrons. The van der Waals surface area contributed by atoms with Gasteiger partial charge in [0.05, 0.1) is 24.2 Å². The number of thiophene rings is 1. The van der Waals surface area contributed by atoms with E-state index in [1.165, 1.54) is 37.0 Å². The molecule has 2 heterocycles. The molecular formula is C38H48N4O5S. The van der Waals surface area contributed by atoms with Gasteiger partial charge in [-0.25, -0.2) is 9.97 Å². The molecular weight excluding hydrogens is 625 g/mol. The molecule has 0 aliphatic rings. The average Bonchev–Trinajstić information content (AvgIpc) is 3.61. The number of ether oxygens (including phenoxy) is 1. The number of nitrogens with one attached hydrogen (secondary N) is 2. The fourth-order valence-corrected chi connectivity index (χ4v) is 5.97. The molecule has 4 aromatic rings. The number of unbranched alkanes of at least 4 members (excludes halogenated alkanes) is 4. The lowest BCUT2D eigenvalue weighted by molar-refractivity contribution is -0.123. The van der Waals surface area contributed by atoms with E-state index in [2.05, 4.69) is 48.3 Å². The third-order valence-electron chi connectivity index (χ3n) is 7.92. The summed E-state index contributed by atoms with van der Waals surface area (Å²) in [5, 5.41) is 24.4. The van der Waals surface area contributed by atoms with E-state index in [0.29, 0.717) is 10.7 Å². The van der Waals surface area contributed by atoms with Crippen molar-refractivity contribution in [2.24, 2.45) is 0 Å². The van der Waals surface area contributed by atoms with Gasteiger partial charge in [0.15, 0.2) is 5.82 Å². The normalized spacial score (nSPS) is 12.7. The van der Waals surface area contributed by atoms with Crippen LogP contribution in [0.1, 0.15) is 79.9 Å². The highest BCUT2D eigenvalue weighted by Crippen LogP contribution is 2.29. The van der Waals surface area contributed by atoms with E-state index >= 15 is 0 Å². The minimum absolute atomic E-state index is 0.0973. The molecule has 0 aliphatic heterocycles. The Hall–Kier alpha value is -4.12. The second-order valence-corrected chi connectivity index (χ2v) is 14.1. The van der Waals surface area contributed by atoms with E-state index in [-0.39, 0.29) is 24.3 Å². The molecule has 4 N–H and O–H groups in total. The fourth-order valence-electron chi connectivity index (χ4n) is 5.00. The van der Waals surface area contributed by atoms with Crippen molar-refractivity contribution in [2.75, 3.05) is 19.8 Å². The lowest BCUT2D eigenvalue weighted by atomic mass is 9.95. The Bertz CT molecular complexity index is 1580. The minimum atomic E-state index is -1.09. The summed E-state index contributed by atoms with van der Waals surface area (Å²) in [7, 11) is 0. The van der Waals surface area contributed by atoms with Crippen molar-refractivity contribution in [3.05, 3.63) is 88.4 Å². The molecule has 10 heteroatoms. The highest BCUT2D eigenvalue weighted by Gasteiger charge is 2.25. The topological polar surface area (TPSA) is 134 Å². The first-order valence-electron chi connectivity index (χ1n) is 16.7. The molecule has 2 atom stereocenters. The van der Waals surface area contributed by atoms with Gasteiger partial charge < -0.3 is 25.6 Å². The largest absolute Gasteiger partial charge is 0.494 e. The SMILES string of the molecule is CCCCCCCOc1ccc(-c2cnc(-c3ccc(CC(NC(=O)c4ccc(C(C)(C)C)s4)C(=O)NCC(O)CO)cc3)nc2)cc1. The molecule has 2 aromatic heterocycles. The van der Waals surface area contributed by atoms with Crippen LogP contribution in [0.2, 0.25) is 0 Å². The van der Waals surface area contributed by atoms with E-state index in [4.69, 9.17) is 9.84 Å². The second-order valence-electron chi connectivity index (χ2n) is 13.0. The molecule has 2 amide bonds. The van der Waals surface area contributed by atoms with E-state index < -0.39 is 24.7 Å². The zero-order valence-corrected chi connectivity index (χ0v) is 29.2. The molecule has 0 bridgehead atoms. The Labute approximate surface area is 287 Å². The molecule has 48 heavy (non-hydrogen) atoms. The van der Waals surface area contributed by atoms with Gasteiger partial charge in [-0.1, -0.05) is 89.8 Å². The molecule has 0 radical (unpaired) electrons. The monoisotopic (exact) mass is 672 g/mol. The Balaban J connectivity index is 1.38. The number of nitrogens with zero attached hydrogens (tertiary/aromatic N) is 2. The molecule has 0 fully saturated rings. The molecule has 0 spiro atoms. The van der Waals surface area contributed by atoms with E-state index in [1.807, 2.05) is 54.6 Å². The van der Waals surface area contributed by atoms with Crippen LogP contribution in [0.4, 0.5) is 0 Å². The lowest BCUT2D eigenvalue weighted by Crippen LogP contribution is -2.49. The maximum atomic E-state index is 13.2. The number of aliphatic hydroxyl groups is 2. The maximum absolute atomic E-state index is 13.2. The van der Waals surface area contributed by atoms with Gasteiger partial charge in [-0.05, 0) is 47.2 Å². The van der Waals surface area contributed by atoms with Gasteiger partial charge in [-0.3, -0.25) is 9.59 Å². The van der Waals surface area contributed by atoms with Crippen LogP contribution in [0.5, 0.6) is 5.75 Å². The summed E-state index contributed by atoms with van der Waals surface area (Å²) in [6, 6.07) is 18.3. The summed E-state index contributed by atoms with van der Waals surface area (Å²) in [5.74, 6) is 0.633. The first kappa shape index (κ1) is 36.7.